The van der Waals surface area contributed by atoms with Gasteiger partial charge in [0.25, 0.3) is 0 Å². The Balaban J connectivity index is 2.07. The van der Waals surface area contributed by atoms with Crippen molar-refractivity contribution in [2.45, 2.75) is 37.5 Å². The summed E-state index contributed by atoms with van der Waals surface area (Å²) in [6.45, 7) is 3.18. The topological polar surface area (TPSA) is 178 Å². The van der Waals surface area contributed by atoms with Crippen molar-refractivity contribution in [1.82, 2.24) is 4.90 Å². The van der Waals surface area contributed by atoms with Crippen molar-refractivity contribution in [1.29, 1.82) is 0 Å². The molecule has 0 radical (unpaired) electrons. The number of likely N-dealkylation sites (N-methyl/N-ethyl adjacent to an activating group) is 1. The molecule has 10 heteroatoms. The maximum absolute atomic E-state index is 13.8. The van der Waals surface area contributed by atoms with Crippen LogP contribution in [0.4, 0.5) is 0 Å². The number of phenols is 1. The molecule has 10 nitrogen and oxygen atoms in total. The van der Waals surface area contributed by atoms with Crippen LogP contribution in [0.15, 0.2) is 23.8 Å². The molecule has 33 heavy (non-hydrogen) atoms. The zero-order valence-electron chi connectivity index (χ0n) is 18.6. The number of nitrogens with zero attached hydrogens (tertiary/aromatic N) is 1. The zero-order valence-corrected chi connectivity index (χ0v) is 18.6. The van der Waals surface area contributed by atoms with Crippen molar-refractivity contribution >= 4 is 29.0 Å². The number of fused-ring (bicyclic) bond motifs is 3. The highest BCUT2D eigenvalue weighted by molar-refractivity contribution is 6.33. The van der Waals surface area contributed by atoms with Crippen molar-refractivity contribution in [2.75, 3.05) is 14.1 Å². The molecular weight excluding hydrogens is 432 g/mol. The molecule has 2 saturated carbocycles. The summed E-state index contributed by atoms with van der Waals surface area (Å²) >= 11 is 0. The smallest absolute Gasteiger partial charge is 0.235 e. The first kappa shape index (κ1) is 23.1. The number of benzene rings is 1. The summed E-state index contributed by atoms with van der Waals surface area (Å²) in [5.41, 5.74) is 0.708. The number of Topliss-reactive ketones (excluding diaryl/α,β-unsaturated/α-hetero) is 3. The van der Waals surface area contributed by atoms with Crippen LogP contribution in [0.3, 0.4) is 0 Å². The molecule has 3 aliphatic carbocycles. The molecule has 4 rings (SSSR count). The van der Waals surface area contributed by atoms with Crippen molar-refractivity contribution in [2.24, 2.45) is 23.0 Å². The maximum atomic E-state index is 13.8. The van der Waals surface area contributed by atoms with Gasteiger partial charge in [-0.15, -0.1) is 0 Å². The third-order valence-corrected chi connectivity index (χ3v) is 7.86. The molecule has 1 aromatic carbocycles. The van der Waals surface area contributed by atoms with E-state index in [-0.39, 0.29) is 11.3 Å². The van der Waals surface area contributed by atoms with Crippen LogP contribution in [0, 0.1) is 17.3 Å². The Morgan fingerprint density at radius 3 is 2.30 bits per heavy atom. The second kappa shape index (κ2) is 6.96. The van der Waals surface area contributed by atoms with Gasteiger partial charge in [0.05, 0.1) is 29.2 Å². The van der Waals surface area contributed by atoms with E-state index in [1.165, 1.54) is 32.0 Å². The number of aliphatic hydroxyl groups excluding tert-OH is 2. The van der Waals surface area contributed by atoms with Gasteiger partial charge in [0.2, 0.25) is 11.7 Å². The van der Waals surface area contributed by atoms with Crippen LogP contribution in [-0.2, 0) is 19.2 Å². The highest BCUT2D eigenvalue weighted by Gasteiger charge is 2.74. The van der Waals surface area contributed by atoms with Crippen LogP contribution in [0.5, 0.6) is 5.75 Å². The molecule has 0 heterocycles. The largest absolute Gasteiger partial charge is 0.507 e. The van der Waals surface area contributed by atoms with Gasteiger partial charge in [0.15, 0.2) is 23.1 Å². The number of phenolic OH excluding ortho intramolecular Hbond substituents is 1. The van der Waals surface area contributed by atoms with Crippen molar-refractivity contribution in [3.05, 3.63) is 34.9 Å². The average molecular weight is 458 g/mol. The van der Waals surface area contributed by atoms with E-state index in [2.05, 4.69) is 0 Å². The number of nitrogens with two attached hydrogens (primary N) is 1. The number of aliphatic hydroxyl groups is 3. The molecule has 1 aromatic rings. The number of primary amides is 1. The van der Waals surface area contributed by atoms with Crippen molar-refractivity contribution < 1.29 is 39.6 Å². The summed E-state index contributed by atoms with van der Waals surface area (Å²) in [6.07, 6.45) is -1.67. The molecule has 1 unspecified atom stereocenters. The maximum Gasteiger partial charge on any atom is 0.235 e. The van der Waals surface area contributed by atoms with Crippen molar-refractivity contribution in [3.8, 4) is 5.75 Å². The lowest BCUT2D eigenvalue weighted by Gasteiger charge is -2.58. The van der Waals surface area contributed by atoms with E-state index in [1.807, 2.05) is 0 Å². The van der Waals surface area contributed by atoms with E-state index in [4.69, 9.17) is 5.73 Å². The molecule has 3 aliphatic rings. The summed E-state index contributed by atoms with van der Waals surface area (Å²) < 4.78 is 0. The van der Waals surface area contributed by atoms with Crippen LogP contribution < -0.4 is 5.73 Å². The summed E-state index contributed by atoms with van der Waals surface area (Å²) in [5, 5.41) is 44.7. The molecule has 0 bridgehead atoms. The van der Waals surface area contributed by atoms with E-state index < -0.39 is 75.5 Å². The fourth-order valence-corrected chi connectivity index (χ4v) is 6.02. The Bertz CT molecular complexity index is 1160. The monoisotopic (exact) mass is 458 g/mol. The lowest BCUT2D eigenvalue weighted by atomic mass is 9.47. The van der Waals surface area contributed by atoms with Gasteiger partial charge in [0, 0.05) is 5.41 Å². The second-order valence-electron chi connectivity index (χ2n) is 9.55. The van der Waals surface area contributed by atoms with E-state index in [1.54, 1.807) is 19.1 Å². The SMILES string of the molecule is C[C@H]1c2cccc(O)c2C(O)=C2C(=O)[C@]3(O)C(=O)C(C(N)=O)C(=O)[C@@H](N(C)C)[C@@H]3[C@@H](O)[C@@]21C. The number of rotatable bonds is 2. The highest BCUT2D eigenvalue weighted by atomic mass is 16.3. The summed E-state index contributed by atoms with van der Waals surface area (Å²) in [4.78, 5) is 53.5. The van der Waals surface area contributed by atoms with Gasteiger partial charge in [-0.3, -0.25) is 24.1 Å². The second-order valence-corrected chi connectivity index (χ2v) is 9.55. The van der Waals surface area contributed by atoms with E-state index in [0.717, 1.165) is 0 Å². The number of ketones is 3. The van der Waals surface area contributed by atoms with Gasteiger partial charge in [-0.1, -0.05) is 26.0 Å². The first-order valence-electron chi connectivity index (χ1n) is 10.5. The standard InChI is InChI=1S/C23H26N2O8/c1-8-9-6-5-7-10(26)11(9)16(27)14-20(31)23(33)13(19(30)22(8,14)2)15(25(3)4)17(28)12(18(23)29)21(24)32/h5-8,12-13,15,19,26-27,30,33H,1-4H3,(H2,24,32)/t8-,12?,13+,15-,19+,22+,23+/m0/s1. The Morgan fingerprint density at radius 2 is 1.76 bits per heavy atom. The Kier molecular flexibility index (Phi) is 4.87. The van der Waals surface area contributed by atoms with E-state index in [0.29, 0.717) is 5.56 Å². The molecule has 0 aliphatic heterocycles. The number of carbonyl (C=O) groups excluding carboxylic acids is 4. The first-order chi connectivity index (χ1) is 15.2. The summed E-state index contributed by atoms with van der Waals surface area (Å²) in [7, 11) is 2.91. The van der Waals surface area contributed by atoms with Crippen molar-refractivity contribution in [3.63, 3.8) is 0 Å². The summed E-state index contributed by atoms with van der Waals surface area (Å²) in [6, 6.07) is 3.09. The van der Waals surface area contributed by atoms with Gasteiger partial charge in [-0.2, -0.15) is 0 Å². The highest BCUT2D eigenvalue weighted by Crippen LogP contribution is 2.61. The number of hydrogen-bond donors (Lipinski definition) is 5. The van der Waals surface area contributed by atoms with Crippen LogP contribution in [0.1, 0.15) is 30.9 Å². The Labute approximate surface area is 189 Å². The fraction of sp³-hybridized carbons (Fsp3) is 0.478. The molecule has 0 saturated heterocycles. The minimum Gasteiger partial charge on any atom is -0.507 e. The van der Waals surface area contributed by atoms with Crippen LogP contribution in [-0.4, -0.2) is 80.4 Å². The number of aromatic hydroxyl groups is 1. The molecule has 0 spiro atoms. The third kappa shape index (κ3) is 2.54. The molecular formula is C23H26N2O8. The predicted molar refractivity (Wildman–Crippen MR) is 114 cm³/mol. The molecule has 2 fully saturated rings. The summed E-state index contributed by atoms with van der Waals surface area (Å²) in [5.74, 6) is -10.3. The Hall–Kier alpha value is -3.08. The number of amides is 1. The van der Waals surface area contributed by atoms with Gasteiger partial charge >= 0.3 is 0 Å². The van der Waals surface area contributed by atoms with Crippen LogP contribution >= 0.6 is 0 Å². The minimum absolute atomic E-state index is 0.0463. The van der Waals surface area contributed by atoms with Gasteiger partial charge in [0.1, 0.15) is 11.5 Å². The predicted octanol–water partition coefficient (Wildman–Crippen LogP) is -0.741. The zero-order chi connectivity index (χ0) is 24.8. The third-order valence-electron chi connectivity index (χ3n) is 7.86. The molecule has 176 valence electrons. The lowest BCUT2D eigenvalue weighted by molar-refractivity contribution is -0.193. The number of hydrogen-bond acceptors (Lipinski definition) is 9. The van der Waals surface area contributed by atoms with Gasteiger partial charge < -0.3 is 26.2 Å². The minimum atomic E-state index is -2.99. The normalized spacial score (nSPS) is 38.2. The number of carbonyl (C=O) groups is 4. The van der Waals surface area contributed by atoms with Crippen LogP contribution in [0.2, 0.25) is 0 Å². The molecule has 0 aromatic heterocycles. The Morgan fingerprint density at radius 1 is 1.15 bits per heavy atom. The molecule has 6 N–H and O–H groups in total. The van der Waals surface area contributed by atoms with E-state index >= 15 is 0 Å². The molecule has 1 amide bonds. The van der Waals surface area contributed by atoms with Gasteiger partial charge in [-0.25, -0.2) is 0 Å². The fourth-order valence-electron chi connectivity index (χ4n) is 6.02. The van der Waals surface area contributed by atoms with E-state index in [9.17, 15) is 39.6 Å². The average Bonchev–Trinajstić information content (AvgIpc) is 2.72. The van der Waals surface area contributed by atoms with Gasteiger partial charge in [-0.05, 0) is 31.6 Å². The first-order valence-corrected chi connectivity index (χ1v) is 10.5. The lowest BCUT2D eigenvalue weighted by Crippen LogP contribution is -2.77. The molecule has 7 atom stereocenters. The quantitative estimate of drug-likeness (QED) is 0.357. The van der Waals surface area contributed by atoms with Crippen LogP contribution in [0.25, 0.3) is 5.76 Å².